The third-order valence-electron chi connectivity index (χ3n) is 6.28. The second-order valence-corrected chi connectivity index (χ2v) is 9.81. The fourth-order valence-corrected chi connectivity index (χ4v) is 5.47. The van der Waals surface area contributed by atoms with Crippen LogP contribution in [-0.4, -0.2) is 54.2 Å². The zero-order valence-corrected chi connectivity index (χ0v) is 22.7. The summed E-state index contributed by atoms with van der Waals surface area (Å²) in [6.07, 6.45) is 1.44. The Morgan fingerprint density at radius 1 is 1.18 bits per heavy atom. The number of benzene rings is 2. The Balaban J connectivity index is 1.64. The van der Waals surface area contributed by atoms with E-state index in [-0.39, 0.29) is 33.5 Å². The van der Waals surface area contributed by atoms with Crippen LogP contribution in [0.15, 0.2) is 60.7 Å². The first kappa shape index (κ1) is 26.9. The normalized spacial score (nSPS) is 17.6. The van der Waals surface area contributed by atoms with Crippen molar-refractivity contribution in [1.29, 1.82) is 0 Å². The van der Waals surface area contributed by atoms with Crippen molar-refractivity contribution >= 4 is 39.9 Å². The number of aromatic nitrogens is 1. The summed E-state index contributed by atoms with van der Waals surface area (Å²) < 4.78 is 21.9. The molecule has 10 nitrogen and oxygen atoms in total. The average molecular weight is 563 g/mol. The summed E-state index contributed by atoms with van der Waals surface area (Å²) in [7, 11) is 0. The van der Waals surface area contributed by atoms with Gasteiger partial charge in [-0.05, 0) is 49.7 Å². The van der Waals surface area contributed by atoms with E-state index in [1.807, 2.05) is 6.92 Å². The van der Waals surface area contributed by atoms with Crippen LogP contribution in [0.5, 0.6) is 17.2 Å². The molecule has 0 saturated carbocycles. The predicted octanol–water partition coefficient (Wildman–Crippen LogP) is 4.59. The summed E-state index contributed by atoms with van der Waals surface area (Å²) in [4.78, 5) is 45.4. The molecule has 3 aromatic rings. The number of esters is 1. The van der Waals surface area contributed by atoms with Gasteiger partial charge in [-0.25, -0.2) is 9.78 Å². The van der Waals surface area contributed by atoms with E-state index < -0.39 is 23.7 Å². The first-order valence-electron chi connectivity index (χ1n) is 12.5. The van der Waals surface area contributed by atoms with Gasteiger partial charge in [-0.1, -0.05) is 36.1 Å². The van der Waals surface area contributed by atoms with Crippen LogP contribution in [0.4, 0.5) is 5.13 Å². The highest BCUT2D eigenvalue weighted by atomic mass is 32.1. The summed E-state index contributed by atoms with van der Waals surface area (Å²) in [5.41, 5.74) is 1.02. The Hall–Kier alpha value is -4.64. The van der Waals surface area contributed by atoms with Gasteiger partial charge in [0.2, 0.25) is 0 Å². The van der Waals surface area contributed by atoms with Crippen molar-refractivity contribution in [3.63, 3.8) is 0 Å². The Kier molecular flexibility index (Phi) is 7.56. The molecule has 0 bridgehead atoms. The maximum atomic E-state index is 13.5. The molecular formula is C29H26N2O8S. The summed E-state index contributed by atoms with van der Waals surface area (Å²) in [5, 5.41) is 11.6. The van der Waals surface area contributed by atoms with Crippen LogP contribution in [0, 0.1) is 6.92 Å². The number of ketones is 1. The number of fused-ring (bicyclic) bond motifs is 1. The van der Waals surface area contributed by atoms with Gasteiger partial charge in [-0.2, -0.15) is 0 Å². The molecule has 2 aliphatic heterocycles. The molecule has 0 aliphatic carbocycles. The van der Waals surface area contributed by atoms with E-state index >= 15 is 0 Å². The lowest BCUT2D eigenvalue weighted by Crippen LogP contribution is -2.29. The van der Waals surface area contributed by atoms with Crippen LogP contribution < -0.4 is 19.1 Å². The number of aliphatic hydroxyl groups is 1. The van der Waals surface area contributed by atoms with Crippen molar-refractivity contribution in [1.82, 2.24) is 4.98 Å². The molecule has 2 aromatic carbocycles. The molecule has 1 unspecified atom stereocenters. The number of anilines is 1. The maximum Gasteiger partial charge on any atom is 0.350 e. The number of amides is 1. The molecule has 1 aromatic heterocycles. The number of aryl methyl sites for hydroxylation is 1. The second-order valence-electron chi connectivity index (χ2n) is 8.83. The van der Waals surface area contributed by atoms with Crippen LogP contribution in [0.2, 0.25) is 0 Å². The second kappa shape index (κ2) is 11.2. The zero-order valence-electron chi connectivity index (χ0n) is 21.8. The van der Waals surface area contributed by atoms with Gasteiger partial charge in [0, 0.05) is 5.56 Å². The number of aliphatic hydroxyl groups excluding tert-OH is 1. The number of ether oxygens (including phenoxy) is 4. The minimum absolute atomic E-state index is 0.0116. The number of carbonyl (C=O) groups is 3. The quantitative estimate of drug-likeness (QED) is 0.138. The van der Waals surface area contributed by atoms with E-state index in [4.69, 9.17) is 18.9 Å². The summed E-state index contributed by atoms with van der Waals surface area (Å²) in [6, 6.07) is 10.6. The van der Waals surface area contributed by atoms with E-state index in [9.17, 15) is 19.5 Å². The van der Waals surface area contributed by atoms with Crippen molar-refractivity contribution in [2.75, 3.05) is 31.3 Å². The average Bonchev–Trinajstić information content (AvgIpc) is 3.48. The standard InChI is InChI=1S/C29H26N2O8S/c1-4-12-39-28(35)26-16(3)30-29(40-26)31-23(17-6-9-19(10-7-17)36-5-2)22(25(33)27(31)34)24(32)18-8-11-20-21(15-18)38-14-13-37-20/h4,6-11,15,23,32H,1,5,12-14H2,2-3H3. The molecular weight excluding hydrogens is 536 g/mol. The van der Waals surface area contributed by atoms with Crippen LogP contribution in [0.1, 0.15) is 39.5 Å². The molecule has 5 rings (SSSR count). The molecule has 1 atom stereocenters. The van der Waals surface area contributed by atoms with E-state index in [0.717, 1.165) is 11.3 Å². The summed E-state index contributed by atoms with van der Waals surface area (Å²) in [6.45, 7) is 8.23. The van der Waals surface area contributed by atoms with Crippen molar-refractivity contribution in [3.8, 4) is 17.2 Å². The summed E-state index contributed by atoms with van der Waals surface area (Å²) >= 11 is 0.926. The SMILES string of the molecule is C=CCOC(=O)c1sc(N2C(=O)C(=O)C(=C(O)c3ccc4c(c3)OCCO4)C2c2ccc(OCC)cc2)nc1C. The number of hydrogen-bond donors (Lipinski definition) is 1. The van der Waals surface area contributed by atoms with Gasteiger partial charge in [-0.3, -0.25) is 14.5 Å². The van der Waals surface area contributed by atoms with Crippen molar-refractivity contribution in [2.24, 2.45) is 0 Å². The van der Waals surface area contributed by atoms with E-state index in [2.05, 4.69) is 11.6 Å². The molecule has 2 aliphatic rings. The Morgan fingerprint density at radius 2 is 1.90 bits per heavy atom. The Morgan fingerprint density at radius 3 is 2.60 bits per heavy atom. The largest absolute Gasteiger partial charge is 0.507 e. The van der Waals surface area contributed by atoms with Gasteiger partial charge < -0.3 is 24.1 Å². The van der Waals surface area contributed by atoms with Crippen LogP contribution in [0.3, 0.4) is 0 Å². The van der Waals surface area contributed by atoms with Gasteiger partial charge in [0.05, 0.1) is 23.9 Å². The van der Waals surface area contributed by atoms with Crippen LogP contribution >= 0.6 is 11.3 Å². The Labute approximate surface area is 234 Å². The molecule has 1 saturated heterocycles. The molecule has 11 heteroatoms. The van der Waals surface area contributed by atoms with E-state index in [1.54, 1.807) is 49.4 Å². The van der Waals surface area contributed by atoms with Gasteiger partial charge in [0.15, 0.2) is 16.6 Å². The van der Waals surface area contributed by atoms with Gasteiger partial charge in [0.25, 0.3) is 5.78 Å². The van der Waals surface area contributed by atoms with Gasteiger partial charge >= 0.3 is 11.9 Å². The molecule has 1 amide bonds. The van der Waals surface area contributed by atoms with Crippen molar-refractivity contribution in [3.05, 3.63) is 82.4 Å². The molecule has 1 N–H and O–H groups in total. The highest BCUT2D eigenvalue weighted by Crippen LogP contribution is 2.45. The monoisotopic (exact) mass is 562 g/mol. The fraction of sp³-hybridized carbons (Fsp3) is 0.241. The van der Waals surface area contributed by atoms with E-state index in [1.165, 1.54) is 11.0 Å². The topological polar surface area (TPSA) is 124 Å². The summed E-state index contributed by atoms with van der Waals surface area (Å²) in [5.74, 6) is -1.25. The number of hydrogen-bond acceptors (Lipinski definition) is 10. The first-order valence-corrected chi connectivity index (χ1v) is 13.3. The number of Topliss-reactive ketones (excluding diaryl/α,β-unsaturated/α-hetero) is 1. The van der Waals surface area contributed by atoms with E-state index in [0.29, 0.717) is 48.3 Å². The molecule has 0 radical (unpaired) electrons. The molecule has 1 fully saturated rings. The lowest BCUT2D eigenvalue weighted by atomic mass is 9.95. The first-order chi connectivity index (χ1) is 19.3. The van der Waals surface area contributed by atoms with Crippen LogP contribution in [-0.2, 0) is 14.3 Å². The molecule has 3 heterocycles. The molecule has 206 valence electrons. The highest BCUT2D eigenvalue weighted by molar-refractivity contribution is 7.17. The maximum absolute atomic E-state index is 13.5. The third-order valence-corrected chi connectivity index (χ3v) is 7.41. The van der Waals surface area contributed by atoms with Crippen molar-refractivity contribution < 1.29 is 38.4 Å². The highest BCUT2D eigenvalue weighted by Gasteiger charge is 2.48. The number of carbonyl (C=O) groups excluding carboxylic acids is 3. The molecule has 40 heavy (non-hydrogen) atoms. The smallest absolute Gasteiger partial charge is 0.350 e. The number of rotatable bonds is 8. The number of nitrogens with zero attached hydrogens (tertiary/aromatic N) is 2. The third kappa shape index (κ3) is 4.91. The lowest BCUT2D eigenvalue weighted by Gasteiger charge is -2.23. The minimum atomic E-state index is -1.04. The van der Waals surface area contributed by atoms with Gasteiger partial charge in [0.1, 0.15) is 36.2 Å². The number of thiazole rings is 1. The zero-order chi connectivity index (χ0) is 28.4. The Bertz CT molecular complexity index is 1530. The van der Waals surface area contributed by atoms with Crippen LogP contribution in [0.25, 0.3) is 5.76 Å². The molecule has 0 spiro atoms. The van der Waals surface area contributed by atoms with Crippen molar-refractivity contribution in [2.45, 2.75) is 19.9 Å². The predicted molar refractivity (Wildman–Crippen MR) is 147 cm³/mol. The lowest BCUT2D eigenvalue weighted by molar-refractivity contribution is -0.132. The van der Waals surface area contributed by atoms with Gasteiger partial charge in [-0.15, -0.1) is 0 Å². The minimum Gasteiger partial charge on any atom is -0.507 e. The fourth-order valence-electron chi connectivity index (χ4n) is 4.48.